The first-order valence-electron chi connectivity index (χ1n) is 4.97. The SMILES string of the molecule is CCOC(CCn1ccnc1C)C(=O)O. The molecule has 0 aliphatic rings. The molecule has 5 nitrogen and oxygen atoms in total. The maximum Gasteiger partial charge on any atom is 0.332 e. The van der Waals surface area contributed by atoms with Crippen molar-refractivity contribution < 1.29 is 14.6 Å². The molecule has 1 rings (SSSR count). The molecule has 1 aromatic heterocycles. The van der Waals surface area contributed by atoms with Crippen molar-refractivity contribution in [2.24, 2.45) is 0 Å². The monoisotopic (exact) mass is 212 g/mol. The lowest BCUT2D eigenvalue weighted by atomic mass is 10.2. The summed E-state index contributed by atoms with van der Waals surface area (Å²) in [5.74, 6) is -0.0229. The van der Waals surface area contributed by atoms with Gasteiger partial charge >= 0.3 is 5.97 Å². The zero-order valence-electron chi connectivity index (χ0n) is 9.01. The van der Waals surface area contributed by atoms with Crippen molar-refractivity contribution in [1.29, 1.82) is 0 Å². The number of carboxylic acids is 1. The van der Waals surface area contributed by atoms with Crippen LogP contribution < -0.4 is 0 Å². The molecule has 0 spiro atoms. The van der Waals surface area contributed by atoms with Gasteiger partial charge in [0.25, 0.3) is 0 Å². The molecule has 84 valence electrons. The van der Waals surface area contributed by atoms with Crippen LogP contribution >= 0.6 is 0 Å². The Morgan fingerprint density at radius 3 is 2.93 bits per heavy atom. The lowest BCUT2D eigenvalue weighted by molar-refractivity contribution is -0.150. The van der Waals surface area contributed by atoms with Gasteiger partial charge in [0.15, 0.2) is 6.10 Å². The second-order valence-electron chi connectivity index (χ2n) is 3.24. The van der Waals surface area contributed by atoms with Crippen LogP contribution in [0.25, 0.3) is 0 Å². The van der Waals surface area contributed by atoms with E-state index in [0.29, 0.717) is 19.6 Å². The van der Waals surface area contributed by atoms with Gasteiger partial charge < -0.3 is 14.4 Å². The predicted molar refractivity (Wildman–Crippen MR) is 54.6 cm³/mol. The summed E-state index contributed by atoms with van der Waals surface area (Å²) in [7, 11) is 0. The Morgan fingerprint density at radius 2 is 2.47 bits per heavy atom. The highest BCUT2D eigenvalue weighted by molar-refractivity contribution is 5.72. The number of imidazole rings is 1. The maximum atomic E-state index is 10.8. The third-order valence-corrected chi connectivity index (χ3v) is 2.20. The third-order valence-electron chi connectivity index (χ3n) is 2.20. The van der Waals surface area contributed by atoms with Crippen LogP contribution in [0.3, 0.4) is 0 Å². The minimum absolute atomic E-state index is 0.417. The minimum atomic E-state index is -0.908. The first kappa shape index (κ1) is 11.7. The first-order chi connectivity index (χ1) is 7.15. The molecule has 15 heavy (non-hydrogen) atoms. The van der Waals surface area contributed by atoms with Crippen molar-refractivity contribution in [2.45, 2.75) is 32.9 Å². The van der Waals surface area contributed by atoms with E-state index in [2.05, 4.69) is 4.98 Å². The number of aromatic nitrogens is 2. The molecule has 0 radical (unpaired) electrons. The van der Waals surface area contributed by atoms with E-state index in [1.165, 1.54) is 0 Å². The molecule has 1 aromatic rings. The molecule has 0 bridgehead atoms. The van der Waals surface area contributed by atoms with E-state index in [0.717, 1.165) is 5.82 Å². The van der Waals surface area contributed by atoms with Gasteiger partial charge in [0.05, 0.1) is 0 Å². The molecule has 0 amide bonds. The van der Waals surface area contributed by atoms with E-state index in [1.807, 2.05) is 17.7 Å². The molecule has 1 heterocycles. The fraction of sp³-hybridized carbons (Fsp3) is 0.600. The topological polar surface area (TPSA) is 64.4 Å². The van der Waals surface area contributed by atoms with Gasteiger partial charge in [-0.1, -0.05) is 0 Å². The van der Waals surface area contributed by atoms with Crippen molar-refractivity contribution in [3.8, 4) is 0 Å². The summed E-state index contributed by atoms with van der Waals surface area (Å²) in [4.78, 5) is 14.8. The van der Waals surface area contributed by atoms with Gasteiger partial charge in [-0.3, -0.25) is 0 Å². The summed E-state index contributed by atoms with van der Waals surface area (Å²) in [6.45, 7) is 4.71. The molecule has 0 saturated carbocycles. The quantitative estimate of drug-likeness (QED) is 0.766. The standard InChI is InChI=1S/C10H16N2O3/c1-3-15-9(10(13)14)4-6-12-7-5-11-8(12)2/h5,7,9H,3-4,6H2,1-2H3,(H,13,14). The van der Waals surface area contributed by atoms with Crippen LogP contribution in [0, 0.1) is 6.92 Å². The van der Waals surface area contributed by atoms with Crippen LogP contribution in [-0.2, 0) is 16.1 Å². The van der Waals surface area contributed by atoms with Crippen LogP contribution in [0.2, 0.25) is 0 Å². The zero-order valence-corrected chi connectivity index (χ0v) is 9.01. The van der Waals surface area contributed by atoms with Gasteiger partial charge in [0.1, 0.15) is 5.82 Å². The highest BCUT2D eigenvalue weighted by Gasteiger charge is 2.17. The van der Waals surface area contributed by atoms with Gasteiger partial charge in [0.2, 0.25) is 0 Å². The average Bonchev–Trinajstić information content (AvgIpc) is 2.58. The number of carboxylic acid groups (broad SMARTS) is 1. The van der Waals surface area contributed by atoms with Crippen molar-refractivity contribution in [3.63, 3.8) is 0 Å². The largest absolute Gasteiger partial charge is 0.479 e. The molecule has 1 unspecified atom stereocenters. The molecular weight excluding hydrogens is 196 g/mol. The summed E-state index contributed by atoms with van der Waals surface area (Å²) < 4.78 is 7.02. The predicted octanol–water partition coefficient (Wildman–Crippen LogP) is 1.07. The fourth-order valence-electron chi connectivity index (χ4n) is 1.38. The van der Waals surface area contributed by atoms with E-state index in [4.69, 9.17) is 9.84 Å². The average molecular weight is 212 g/mol. The number of carbonyl (C=O) groups is 1. The number of hydrogen-bond acceptors (Lipinski definition) is 3. The third kappa shape index (κ3) is 3.36. The number of aliphatic carboxylic acids is 1. The smallest absolute Gasteiger partial charge is 0.332 e. The Balaban J connectivity index is 2.47. The summed E-state index contributed by atoms with van der Waals surface area (Å²) >= 11 is 0. The first-order valence-corrected chi connectivity index (χ1v) is 4.97. The molecule has 0 saturated heterocycles. The molecular formula is C10H16N2O3. The van der Waals surface area contributed by atoms with Gasteiger partial charge in [0, 0.05) is 32.0 Å². The zero-order chi connectivity index (χ0) is 11.3. The second-order valence-corrected chi connectivity index (χ2v) is 3.24. The lowest BCUT2D eigenvalue weighted by Crippen LogP contribution is -2.25. The molecule has 0 fully saturated rings. The molecule has 1 atom stereocenters. The highest BCUT2D eigenvalue weighted by atomic mass is 16.5. The van der Waals surface area contributed by atoms with Crippen molar-refractivity contribution in [1.82, 2.24) is 9.55 Å². The van der Waals surface area contributed by atoms with Gasteiger partial charge in [-0.05, 0) is 13.8 Å². The van der Waals surface area contributed by atoms with Crippen LogP contribution in [0.15, 0.2) is 12.4 Å². The van der Waals surface area contributed by atoms with Crippen molar-refractivity contribution in [3.05, 3.63) is 18.2 Å². The van der Waals surface area contributed by atoms with Crippen molar-refractivity contribution >= 4 is 5.97 Å². The molecule has 0 aliphatic carbocycles. The van der Waals surface area contributed by atoms with Crippen LogP contribution in [0.1, 0.15) is 19.2 Å². The second kappa shape index (κ2) is 5.50. The highest BCUT2D eigenvalue weighted by Crippen LogP contribution is 2.04. The summed E-state index contributed by atoms with van der Waals surface area (Å²) in [5, 5.41) is 8.85. The summed E-state index contributed by atoms with van der Waals surface area (Å²) in [6, 6.07) is 0. The normalized spacial score (nSPS) is 12.7. The van der Waals surface area contributed by atoms with Crippen LogP contribution in [0.4, 0.5) is 0 Å². The van der Waals surface area contributed by atoms with Gasteiger partial charge in [-0.15, -0.1) is 0 Å². The Hall–Kier alpha value is -1.36. The number of rotatable bonds is 6. The molecule has 0 aliphatic heterocycles. The van der Waals surface area contributed by atoms with Crippen molar-refractivity contribution in [2.75, 3.05) is 6.61 Å². The summed E-state index contributed by atoms with van der Waals surface area (Å²) in [6.07, 6.45) is 3.27. The number of aryl methyl sites for hydroxylation is 2. The summed E-state index contributed by atoms with van der Waals surface area (Å²) in [5.41, 5.74) is 0. The number of ether oxygens (including phenoxy) is 1. The Morgan fingerprint density at radius 1 is 1.73 bits per heavy atom. The van der Waals surface area contributed by atoms with E-state index in [-0.39, 0.29) is 0 Å². The van der Waals surface area contributed by atoms with Crippen LogP contribution in [-0.4, -0.2) is 33.3 Å². The van der Waals surface area contributed by atoms with Crippen LogP contribution in [0.5, 0.6) is 0 Å². The van der Waals surface area contributed by atoms with E-state index in [9.17, 15) is 4.79 Å². The minimum Gasteiger partial charge on any atom is -0.479 e. The molecule has 0 aromatic carbocycles. The Labute approximate surface area is 88.7 Å². The van der Waals surface area contributed by atoms with Gasteiger partial charge in [-0.25, -0.2) is 9.78 Å². The van der Waals surface area contributed by atoms with E-state index in [1.54, 1.807) is 13.1 Å². The van der Waals surface area contributed by atoms with Gasteiger partial charge in [-0.2, -0.15) is 0 Å². The Bertz CT molecular complexity index is 322. The maximum absolute atomic E-state index is 10.8. The fourth-order valence-corrected chi connectivity index (χ4v) is 1.38. The number of hydrogen-bond donors (Lipinski definition) is 1. The van der Waals surface area contributed by atoms with E-state index < -0.39 is 12.1 Å². The molecule has 5 heteroatoms. The van der Waals surface area contributed by atoms with E-state index >= 15 is 0 Å². The number of nitrogens with zero attached hydrogens (tertiary/aromatic N) is 2. The lowest BCUT2D eigenvalue weighted by Gasteiger charge is -2.12. The Kier molecular flexibility index (Phi) is 4.30. The molecule has 1 N–H and O–H groups in total.